The van der Waals surface area contributed by atoms with Gasteiger partial charge < -0.3 is 14.2 Å². The lowest BCUT2D eigenvalue weighted by Gasteiger charge is -2.18. The Hall–Kier alpha value is -1.59. The summed E-state index contributed by atoms with van der Waals surface area (Å²) in [6.07, 6.45) is 75.5. The average Bonchev–Trinajstić information content (AvgIpc) is 3.41. The van der Waals surface area contributed by atoms with Gasteiger partial charge in [-0.25, -0.2) is 0 Å². The number of unbranched alkanes of at least 4 members (excludes halogenated alkanes) is 54. The van der Waals surface area contributed by atoms with E-state index in [1.165, 1.54) is 308 Å². The summed E-state index contributed by atoms with van der Waals surface area (Å²) < 4.78 is 17.0. The highest BCUT2D eigenvalue weighted by Gasteiger charge is 2.19. The molecule has 0 rings (SSSR count). The van der Waals surface area contributed by atoms with Gasteiger partial charge in [-0.1, -0.05) is 367 Å². The molecule has 6 heteroatoms. The van der Waals surface area contributed by atoms with Crippen LogP contribution in [0.3, 0.4) is 0 Å². The lowest BCUT2D eigenvalue weighted by molar-refractivity contribution is -0.167. The first-order chi connectivity index (χ1) is 37.0. The Morgan fingerprint density at radius 2 is 0.360 bits per heavy atom. The molecule has 0 radical (unpaired) electrons. The second-order valence-corrected chi connectivity index (χ2v) is 23.8. The van der Waals surface area contributed by atoms with Gasteiger partial charge in [0, 0.05) is 19.3 Å². The maximum atomic E-state index is 12.9. The molecule has 0 saturated heterocycles. The number of hydrogen-bond acceptors (Lipinski definition) is 6. The summed E-state index contributed by atoms with van der Waals surface area (Å²) in [5.41, 5.74) is 0. The van der Waals surface area contributed by atoms with Crippen molar-refractivity contribution in [2.24, 2.45) is 0 Å². The number of carbonyl (C=O) groups excluding carboxylic acids is 3. The Balaban J connectivity index is 4.22. The van der Waals surface area contributed by atoms with Crippen LogP contribution in [0, 0.1) is 0 Å². The fraction of sp³-hybridized carbons (Fsp3) is 0.957. The molecule has 0 aromatic heterocycles. The minimum Gasteiger partial charge on any atom is -0.462 e. The predicted molar refractivity (Wildman–Crippen MR) is 326 cm³/mol. The topological polar surface area (TPSA) is 78.9 Å². The highest BCUT2D eigenvalue weighted by atomic mass is 16.6. The van der Waals surface area contributed by atoms with Crippen molar-refractivity contribution in [2.75, 3.05) is 13.2 Å². The third-order valence-corrected chi connectivity index (χ3v) is 16.1. The normalized spacial score (nSPS) is 11.9. The van der Waals surface area contributed by atoms with Crippen molar-refractivity contribution < 1.29 is 28.6 Å². The van der Waals surface area contributed by atoms with E-state index in [9.17, 15) is 14.4 Å². The smallest absolute Gasteiger partial charge is 0.306 e. The number of ether oxygens (including phenoxy) is 3. The van der Waals surface area contributed by atoms with Gasteiger partial charge in [0.15, 0.2) is 6.10 Å². The van der Waals surface area contributed by atoms with E-state index in [4.69, 9.17) is 14.2 Å². The second kappa shape index (κ2) is 64.9. The van der Waals surface area contributed by atoms with Crippen LogP contribution >= 0.6 is 0 Å². The van der Waals surface area contributed by atoms with Gasteiger partial charge in [0.25, 0.3) is 0 Å². The minimum absolute atomic E-state index is 0.0602. The Morgan fingerprint density at radius 1 is 0.213 bits per heavy atom. The maximum absolute atomic E-state index is 12.9. The van der Waals surface area contributed by atoms with E-state index in [0.29, 0.717) is 19.3 Å². The van der Waals surface area contributed by atoms with Crippen LogP contribution in [0.4, 0.5) is 0 Å². The van der Waals surface area contributed by atoms with E-state index in [0.717, 1.165) is 57.8 Å². The Bertz CT molecular complexity index is 1120. The lowest BCUT2D eigenvalue weighted by atomic mass is 10.0. The predicted octanol–water partition coefficient (Wildman–Crippen LogP) is 23.5. The SMILES string of the molecule is CCCCCCCCCCCCCCCCCCCCCCCCCC(=O)OCC(COC(=O)CCCCCCCCCCCCCCCC)OC(=O)CCCCCCCCCCCCCCCCCCCCCC. The molecule has 446 valence electrons. The molecule has 0 aromatic rings. The molecule has 0 aliphatic carbocycles. The van der Waals surface area contributed by atoms with Crippen LogP contribution in [0.15, 0.2) is 0 Å². The quantitative estimate of drug-likeness (QED) is 0.0343. The summed E-state index contributed by atoms with van der Waals surface area (Å²) in [5, 5.41) is 0. The van der Waals surface area contributed by atoms with Crippen molar-refractivity contribution in [3.05, 3.63) is 0 Å². The van der Waals surface area contributed by atoms with Gasteiger partial charge in [0.2, 0.25) is 0 Å². The zero-order chi connectivity index (χ0) is 54.3. The largest absolute Gasteiger partial charge is 0.462 e. The number of esters is 3. The van der Waals surface area contributed by atoms with Gasteiger partial charge in [-0.2, -0.15) is 0 Å². The molecule has 1 unspecified atom stereocenters. The molecule has 75 heavy (non-hydrogen) atoms. The van der Waals surface area contributed by atoms with Gasteiger partial charge >= 0.3 is 17.9 Å². The number of carbonyl (C=O) groups is 3. The summed E-state index contributed by atoms with van der Waals surface area (Å²) in [6, 6.07) is 0. The molecule has 0 bridgehead atoms. The van der Waals surface area contributed by atoms with Gasteiger partial charge in [-0.05, 0) is 19.3 Å². The monoisotopic (exact) mass is 1060 g/mol. The maximum Gasteiger partial charge on any atom is 0.306 e. The molecule has 6 nitrogen and oxygen atoms in total. The summed E-state index contributed by atoms with van der Waals surface area (Å²) >= 11 is 0. The van der Waals surface area contributed by atoms with Gasteiger partial charge in [0.1, 0.15) is 13.2 Å². The van der Waals surface area contributed by atoms with E-state index in [1.54, 1.807) is 0 Å². The molecule has 0 aromatic carbocycles. The molecule has 0 amide bonds. The third-order valence-electron chi connectivity index (χ3n) is 16.1. The molecule has 0 spiro atoms. The van der Waals surface area contributed by atoms with E-state index < -0.39 is 6.10 Å². The van der Waals surface area contributed by atoms with Gasteiger partial charge in [0.05, 0.1) is 0 Å². The lowest BCUT2D eigenvalue weighted by Crippen LogP contribution is -2.30. The van der Waals surface area contributed by atoms with Crippen LogP contribution in [0.2, 0.25) is 0 Å². The van der Waals surface area contributed by atoms with Crippen LogP contribution in [-0.2, 0) is 28.6 Å². The van der Waals surface area contributed by atoms with Crippen molar-refractivity contribution in [3.63, 3.8) is 0 Å². The molecular formula is C69H134O6. The highest BCUT2D eigenvalue weighted by Crippen LogP contribution is 2.19. The number of hydrogen-bond donors (Lipinski definition) is 0. The fourth-order valence-electron chi connectivity index (χ4n) is 10.9. The highest BCUT2D eigenvalue weighted by molar-refractivity contribution is 5.71. The molecule has 0 N–H and O–H groups in total. The molecule has 1 atom stereocenters. The Kier molecular flexibility index (Phi) is 63.6. The first-order valence-electron chi connectivity index (χ1n) is 34.5. The Morgan fingerprint density at radius 3 is 0.533 bits per heavy atom. The van der Waals surface area contributed by atoms with Crippen molar-refractivity contribution in [1.29, 1.82) is 0 Å². The van der Waals surface area contributed by atoms with Crippen LogP contribution in [0.25, 0.3) is 0 Å². The minimum atomic E-state index is -0.763. The van der Waals surface area contributed by atoms with E-state index in [1.807, 2.05) is 0 Å². The average molecular weight is 1060 g/mol. The van der Waals surface area contributed by atoms with Crippen LogP contribution in [0.1, 0.15) is 406 Å². The summed E-state index contributed by atoms with van der Waals surface area (Å²) in [7, 11) is 0. The van der Waals surface area contributed by atoms with E-state index in [-0.39, 0.29) is 31.1 Å². The summed E-state index contributed by atoms with van der Waals surface area (Å²) in [5.74, 6) is -0.820. The third kappa shape index (κ3) is 63.1. The first-order valence-corrected chi connectivity index (χ1v) is 34.5. The van der Waals surface area contributed by atoms with E-state index >= 15 is 0 Å². The molecule has 0 aliphatic heterocycles. The second-order valence-electron chi connectivity index (χ2n) is 23.8. The van der Waals surface area contributed by atoms with Crippen LogP contribution in [-0.4, -0.2) is 37.2 Å². The molecular weight excluding hydrogens is 925 g/mol. The molecule has 0 saturated carbocycles. The molecule has 0 heterocycles. The van der Waals surface area contributed by atoms with Crippen LogP contribution < -0.4 is 0 Å². The fourth-order valence-corrected chi connectivity index (χ4v) is 10.9. The van der Waals surface area contributed by atoms with Crippen molar-refractivity contribution in [2.45, 2.75) is 412 Å². The molecule has 0 fully saturated rings. The van der Waals surface area contributed by atoms with Gasteiger partial charge in [-0.15, -0.1) is 0 Å². The van der Waals surface area contributed by atoms with Gasteiger partial charge in [-0.3, -0.25) is 14.4 Å². The van der Waals surface area contributed by atoms with E-state index in [2.05, 4.69) is 20.8 Å². The summed E-state index contributed by atoms with van der Waals surface area (Å²) in [6.45, 7) is 6.74. The van der Waals surface area contributed by atoms with Crippen molar-refractivity contribution >= 4 is 17.9 Å². The first kappa shape index (κ1) is 73.4. The van der Waals surface area contributed by atoms with Crippen molar-refractivity contribution in [1.82, 2.24) is 0 Å². The number of rotatable bonds is 65. The van der Waals surface area contributed by atoms with Crippen LogP contribution in [0.5, 0.6) is 0 Å². The molecule has 0 aliphatic rings. The Labute approximate surface area is 469 Å². The standard InChI is InChI=1S/C69H134O6/c1-4-7-10-13-16-19-22-25-28-30-32-34-35-36-38-39-41-44-47-50-53-56-59-62-68(71)74-65-66(64-73-67(70)61-58-55-52-49-46-43-27-24-21-18-15-12-9-6-3)75-69(72)63-60-57-54-51-48-45-42-40-37-33-31-29-26-23-20-17-14-11-8-5-2/h66H,4-65H2,1-3H3. The van der Waals surface area contributed by atoms with Crippen molar-refractivity contribution in [3.8, 4) is 0 Å². The summed E-state index contributed by atoms with van der Waals surface area (Å²) in [4.78, 5) is 38.4. The zero-order valence-corrected chi connectivity index (χ0v) is 51.4. The zero-order valence-electron chi connectivity index (χ0n) is 51.4.